The van der Waals surface area contributed by atoms with Crippen LogP contribution < -0.4 is 60.8 Å². The monoisotopic (exact) mass is 98.0 g/mol. The van der Waals surface area contributed by atoms with Gasteiger partial charge < -0.3 is 25.9 Å². The zero-order chi connectivity index (χ0) is 0. The van der Waals surface area contributed by atoms with Crippen LogP contribution >= 0.6 is 0 Å². The molecule has 0 bridgehead atoms. The van der Waals surface area contributed by atoms with Gasteiger partial charge in [-0.15, -0.1) is 0 Å². The van der Waals surface area contributed by atoms with E-state index in [-0.39, 0.29) is 74.3 Å². The van der Waals surface area contributed by atoms with Gasteiger partial charge in [-0.2, -0.15) is 0 Å². The molecule has 0 saturated carbocycles. The Labute approximate surface area is 73.4 Å². The van der Waals surface area contributed by atoms with Crippen LogP contribution in [-0.2, 0) is 13.5 Å². The van der Waals surface area contributed by atoms with Gasteiger partial charge >= 0.3 is 48.4 Å². The summed E-state index contributed by atoms with van der Waals surface area (Å²) in [5, 5.41) is 0. The number of hydrogen-bond acceptors (Lipinski definition) is 1. The van der Waals surface area contributed by atoms with E-state index < -0.39 is 0 Å². The summed E-state index contributed by atoms with van der Waals surface area (Å²) in [6.45, 7) is 0. The Kier molecular flexibility index (Phi) is 161. The zero-order valence-electron chi connectivity index (χ0n) is 2.83. The van der Waals surface area contributed by atoms with Crippen molar-refractivity contribution in [1.82, 2.24) is 0 Å². The van der Waals surface area contributed by atoms with E-state index in [9.17, 15) is 0 Å². The minimum absolute atomic E-state index is 0. The minimum Gasteiger partial charge on any atom is -1.00 e. The first-order valence-electron chi connectivity index (χ1n) is 0. The van der Waals surface area contributed by atoms with Crippen LogP contribution in [-0.4, -0.2) is 0 Å². The van der Waals surface area contributed by atoms with Crippen LogP contribution in [0.3, 0.4) is 0 Å². The van der Waals surface area contributed by atoms with E-state index in [1.807, 2.05) is 0 Å². The predicted octanol–water partition coefficient (Wildman–Crippen LogP) is -9.26. The molecule has 0 aliphatic carbocycles. The van der Waals surface area contributed by atoms with E-state index in [4.69, 9.17) is 0 Å². The molecule has 0 spiro atoms. The summed E-state index contributed by atoms with van der Waals surface area (Å²) >= 11 is 0. The van der Waals surface area contributed by atoms with Crippen LogP contribution in [0.4, 0.5) is 0 Å². The van der Waals surface area contributed by atoms with Gasteiger partial charge in [0, 0.05) is 0 Å². The SMILES string of the molecule is [Cl-].[Li+].[Na+].[SH-]. The van der Waals surface area contributed by atoms with Crippen molar-refractivity contribution in [2.45, 2.75) is 0 Å². The predicted molar refractivity (Wildman–Crippen MR) is 8.76 cm³/mol. The third kappa shape index (κ3) is 8.87. The van der Waals surface area contributed by atoms with Gasteiger partial charge in [-0.1, -0.05) is 0 Å². The van der Waals surface area contributed by atoms with Gasteiger partial charge in [0.15, 0.2) is 0 Å². The molecule has 0 heterocycles. The summed E-state index contributed by atoms with van der Waals surface area (Å²) in [5.41, 5.74) is 0. The summed E-state index contributed by atoms with van der Waals surface area (Å²) in [7, 11) is 0. The molecule has 0 nitrogen and oxygen atoms in total. The Hall–Kier alpha value is 2.24. The molecule has 16 valence electrons. The van der Waals surface area contributed by atoms with Crippen molar-refractivity contribution in [3.63, 3.8) is 0 Å². The van der Waals surface area contributed by atoms with E-state index in [1.165, 1.54) is 0 Å². The minimum atomic E-state index is 0. The average molecular weight is 98.5 g/mol. The van der Waals surface area contributed by atoms with Crippen LogP contribution in [0.25, 0.3) is 0 Å². The topological polar surface area (TPSA) is 0 Å². The van der Waals surface area contributed by atoms with Crippen LogP contribution in [0, 0.1) is 0 Å². The van der Waals surface area contributed by atoms with Gasteiger partial charge in [0.05, 0.1) is 0 Å². The molecule has 0 aromatic rings. The smallest absolute Gasteiger partial charge is 1.00 e. The van der Waals surface area contributed by atoms with Crippen LogP contribution in [0.1, 0.15) is 0 Å². The number of halogens is 1. The summed E-state index contributed by atoms with van der Waals surface area (Å²) in [4.78, 5) is 0. The van der Waals surface area contributed by atoms with Crippen molar-refractivity contribution in [3.8, 4) is 0 Å². The van der Waals surface area contributed by atoms with E-state index in [0.29, 0.717) is 0 Å². The molecule has 0 aliphatic heterocycles. The molecule has 0 rings (SSSR count). The Morgan fingerprint density at radius 3 is 1.00 bits per heavy atom. The van der Waals surface area contributed by atoms with E-state index in [1.54, 1.807) is 0 Å². The molecule has 0 aliphatic rings. The Morgan fingerprint density at radius 2 is 1.00 bits per heavy atom. The average Bonchev–Trinajstić information content (AvgIpc) is 0. The third-order valence-corrected chi connectivity index (χ3v) is 0. The van der Waals surface area contributed by atoms with Gasteiger partial charge in [0.2, 0.25) is 0 Å². The molecule has 0 fully saturated rings. The normalized spacial score (nSPS) is 0. The van der Waals surface area contributed by atoms with Crippen molar-refractivity contribution in [2.24, 2.45) is 0 Å². The van der Waals surface area contributed by atoms with Crippen molar-refractivity contribution in [1.29, 1.82) is 0 Å². The second-order valence-electron chi connectivity index (χ2n) is 0. The maximum absolute atomic E-state index is 0. The molecule has 0 aromatic carbocycles. The molecule has 0 atom stereocenters. The van der Waals surface area contributed by atoms with Crippen LogP contribution in [0.2, 0.25) is 0 Å². The zero-order valence-corrected chi connectivity index (χ0v) is 6.48. The van der Waals surface area contributed by atoms with Gasteiger partial charge in [0.25, 0.3) is 0 Å². The van der Waals surface area contributed by atoms with Crippen molar-refractivity contribution < 1.29 is 60.8 Å². The molecule has 4 heavy (non-hydrogen) atoms. The fourth-order valence-electron chi connectivity index (χ4n) is 0. The first-order chi connectivity index (χ1) is 0. The second kappa shape index (κ2) is 18.8. The van der Waals surface area contributed by atoms with E-state index in [0.717, 1.165) is 0 Å². The maximum Gasteiger partial charge on any atom is 1.00 e. The summed E-state index contributed by atoms with van der Waals surface area (Å²) < 4.78 is 0. The molecule has 0 unspecified atom stereocenters. The molecule has 0 aromatic heterocycles. The number of hydrogen-bond donors (Lipinski definition) is 0. The number of thiol groups is 1. The third-order valence-electron chi connectivity index (χ3n) is 0. The Balaban J connectivity index is 0. The second-order valence-corrected chi connectivity index (χ2v) is 0. The molecule has 0 radical (unpaired) electrons. The summed E-state index contributed by atoms with van der Waals surface area (Å²) in [6, 6.07) is 0. The van der Waals surface area contributed by atoms with Crippen molar-refractivity contribution in [2.75, 3.05) is 0 Å². The number of rotatable bonds is 0. The fraction of sp³-hybridized carbons (Fsp3) is 0. The Morgan fingerprint density at radius 1 is 1.00 bits per heavy atom. The van der Waals surface area contributed by atoms with Crippen LogP contribution in [0.15, 0.2) is 0 Å². The standard InChI is InChI=1S/ClH.Li.Na.H2S/h1H;;;1H2/q;2*+1;/p-2. The molecule has 0 amide bonds. The van der Waals surface area contributed by atoms with Gasteiger partial charge in [-0.05, 0) is 0 Å². The molecule has 4 heteroatoms. The summed E-state index contributed by atoms with van der Waals surface area (Å²) in [6.07, 6.45) is 0. The quantitative estimate of drug-likeness (QED) is 0.165. The van der Waals surface area contributed by atoms with Crippen molar-refractivity contribution >= 4 is 13.5 Å². The molecule has 0 N–H and O–H groups in total. The van der Waals surface area contributed by atoms with E-state index in [2.05, 4.69) is 0 Å². The first-order valence-corrected chi connectivity index (χ1v) is 0. The molecular formula is HClLiNaS. The van der Waals surface area contributed by atoms with E-state index >= 15 is 0 Å². The fourth-order valence-corrected chi connectivity index (χ4v) is 0. The van der Waals surface area contributed by atoms with Crippen molar-refractivity contribution in [3.05, 3.63) is 0 Å². The summed E-state index contributed by atoms with van der Waals surface area (Å²) in [5.74, 6) is 0. The van der Waals surface area contributed by atoms with Gasteiger partial charge in [-0.3, -0.25) is 0 Å². The molecular weight excluding hydrogens is 97.5 g/mol. The Bertz CT molecular complexity index is 8.00. The van der Waals surface area contributed by atoms with Gasteiger partial charge in [0.1, 0.15) is 0 Å². The van der Waals surface area contributed by atoms with Crippen LogP contribution in [0.5, 0.6) is 0 Å². The van der Waals surface area contributed by atoms with Gasteiger partial charge in [-0.25, -0.2) is 0 Å². The maximum atomic E-state index is 0. The largest absolute Gasteiger partial charge is 1.00 e. The first kappa shape index (κ1) is 34.2. The molecule has 0 saturated heterocycles.